The van der Waals surface area contributed by atoms with Crippen LogP contribution in [0.25, 0.3) is 0 Å². The number of carbonyl (C=O) groups is 1. The summed E-state index contributed by atoms with van der Waals surface area (Å²) in [6.07, 6.45) is 1.61. The van der Waals surface area contributed by atoms with E-state index >= 15 is 0 Å². The van der Waals surface area contributed by atoms with Gasteiger partial charge in [0.1, 0.15) is 18.2 Å². The van der Waals surface area contributed by atoms with Crippen molar-refractivity contribution in [2.45, 2.75) is 13.5 Å². The number of carbonyl (C=O) groups excluding carboxylic acids is 1. The van der Waals surface area contributed by atoms with Crippen molar-refractivity contribution in [1.29, 1.82) is 0 Å². The first-order valence-electron chi connectivity index (χ1n) is 7.96. The van der Waals surface area contributed by atoms with Crippen LogP contribution in [-0.4, -0.2) is 10.9 Å². The summed E-state index contributed by atoms with van der Waals surface area (Å²) in [6.45, 7) is 2.01. The Morgan fingerprint density at radius 3 is 2.32 bits per heavy atom. The summed E-state index contributed by atoms with van der Waals surface area (Å²) in [6, 6.07) is 21.4. The van der Waals surface area contributed by atoms with E-state index in [4.69, 9.17) is 4.74 Å². The molecule has 0 bridgehead atoms. The second-order valence-electron chi connectivity index (χ2n) is 5.54. The lowest BCUT2D eigenvalue weighted by atomic mass is 10.2. The summed E-state index contributed by atoms with van der Waals surface area (Å²) < 4.78 is 5.77. The summed E-state index contributed by atoms with van der Waals surface area (Å²) in [7, 11) is 0. The average Bonchev–Trinajstić information content (AvgIpc) is 2.63. The van der Waals surface area contributed by atoms with Gasteiger partial charge < -0.3 is 15.4 Å². The predicted octanol–water partition coefficient (Wildman–Crippen LogP) is 4.36. The molecule has 0 aliphatic rings. The molecule has 0 aliphatic heterocycles. The molecule has 2 N–H and O–H groups in total. The number of aromatic nitrogens is 1. The Hall–Kier alpha value is -3.34. The van der Waals surface area contributed by atoms with Crippen LogP contribution in [0.4, 0.5) is 17.2 Å². The van der Waals surface area contributed by atoms with E-state index in [9.17, 15) is 4.79 Å². The third-order valence-electron chi connectivity index (χ3n) is 3.46. The van der Waals surface area contributed by atoms with E-state index in [-0.39, 0.29) is 5.91 Å². The van der Waals surface area contributed by atoms with Crippen molar-refractivity contribution in [2.75, 3.05) is 10.6 Å². The number of nitrogens with one attached hydrogen (secondary N) is 2. The van der Waals surface area contributed by atoms with Gasteiger partial charge in [-0.3, -0.25) is 4.79 Å². The topological polar surface area (TPSA) is 63.2 Å². The fourth-order valence-electron chi connectivity index (χ4n) is 2.27. The van der Waals surface area contributed by atoms with Gasteiger partial charge in [-0.25, -0.2) is 4.98 Å². The van der Waals surface area contributed by atoms with Gasteiger partial charge in [-0.1, -0.05) is 30.3 Å². The molecule has 0 unspecified atom stereocenters. The second-order valence-corrected chi connectivity index (χ2v) is 5.54. The summed E-state index contributed by atoms with van der Waals surface area (Å²) in [5, 5.41) is 5.89. The Morgan fingerprint density at radius 1 is 0.960 bits per heavy atom. The lowest BCUT2D eigenvalue weighted by Crippen LogP contribution is -2.06. The third kappa shape index (κ3) is 5.07. The van der Waals surface area contributed by atoms with Crippen molar-refractivity contribution >= 4 is 23.1 Å². The molecule has 1 aromatic heterocycles. The van der Waals surface area contributed by atoms with E-state index in [2.05, 4.69) is 15.6 Å². The smallest absolute Gasteiger partial charge is 0.221 e. The quantitative estimate of drug-likeness (QED) is 0.703. The monoisotopic (exact) mass is 333 g/mol. The van der Waals surface area contributed by atoms with Gasteiger partial charge in [0.15, 0.2) is 0 Å². The molecular weight excluding hydrogens is 314 g/mol. The molecule has 25 heavy (non-hydrogen) atoms. The Labute approximate surface area is 146 Å². The van der Waals surface area contributed by atoms with Gasteiger partial charge in [0.25, 0.3) is 0 Å². The molecule has 0 saturated heterocycles. The number of benzene rings is 2. The Bertz CT molecular complexity index is 816. The molecule has 3 aromatic rings. The zero-order valence-corrected chi connectivity index (χ0v) is 13.9. The van der Waals surface area contributed by atoms with Crippen molar-refractivity contribution < 1.29 is 9.53 Å². The number of hydrogen-bond acceptors (Lipinski definition) is 4. The third-order valence-corrected chi connectivity index (χ3v) is 3.46. The maximum atomic E-state index is 11.0. The van der Waals surface area contributed by atoms with Gasteiger partial charge in [-0.15, -0.1) is 0 Å². The number of hydrogen-bond donors (Lipinski definition) is 2. The van der Waals surface area contributed by atoms with Gasteiger partial charge in [0.05, 0.1) is 11.9 Å². The predicted molar refractivity (Wildman–Crippen MR) is 99.0 cm³/mol. The summed E-state index contributed by atoms with van der Waals surface area (Å²) in [5.74, 6) is 1.39. The van der Waals surface area contributed by atoms with Crippen LogP contribution in [0.5, 0.6) is 5.75 Å². The van der Waals surface area contributed by atoms with E-state index in [0.717, 1.165) is 17.0 Å². The molecule has 0 aliphatic carbocycles. The van der Waals surface area contributed by atoms with Gasteiger partial charge >= 0.3 is 0 Å². The number of amides is 1. The molecule has 0 radical (unpaired) electrons. The van der Waals surface area contributed by atoms with Crippen LogP contribution in [0, 0.1) is 0 Å². The first-order chi connectivity index (χ1) is 12.2. The molecule has 1 heterocycles. The highest BCUT2D eigenvalue weighted by Gasteiger charge is 2.00. The van der Waals surface area contributed by atoms with E-state index < -0.39 is 0 Å². The summed E-state index contributed by atoms with van der Waals surface area (Å²) >= 11 is 0. The average molecular weight is 333 g/mol. The van der Waals surface area contributed by atoms with E-state index in [1.165, 1.54) is 6.92 Å². The Morgan fingerprint density at radius 2 is 1.68 bits per heavy atom. The van der Waals surface area contributed by atoms with Crippen LogP contribution in [0.15, 0.2) is 72.9 Å². The van der Waals surface area contributed by atoms with Gasteiger partial charge in [-0.05, 0) is 42.0 Å². The lowest BCUT2D eigenvalue weighted by molar-refractivity contribution is -0.114. The molecule has 1 amide bonds. The van der Waals surface area contributed by atoms with Crippen molar-refractivity contribution in [2.24, 2.45) is 0 Å². The minimum absolute atomic E-state index is 0.117. The first kappa shape index (κ1) is 16.5. The van der Waals surface area contributed by atoms with E-state index in [1.807, 2.05) is 60.7 Å². The standard InChI is InChI=1S/C20H19N3O2/c1-15(24)22-18-9-12-20(21-13-18)23-17-7-10-19(11-8-17)25-14-16-5-3-2-4-6-16/h2-13H,14H2,1H3,(H,21,23)(H,22,24). The molecule has 2 aromatic carbocycles. The van der Waals surface area contributed by atoms with Crippen LogP contribution < -0.4 is 15.4 Å². The maximum absolute atomic E-state index is 11.0. The second kappa shape index (κ2) is 7.97. The van der Waals surface area contributed by atoms with Crippen molar-refractivity contribution in [3.63, 3.8) is 0 Å². The highest BCUT2D eigenvalue weighted by atomic mass is 16.5. The first-order valence-corrected chi connectivity index (χ1v) is 7.96. The summed E-state index contributed by atoms with van der Waals surface area (Å²) in [5.41, 5.74) is 2.71. The fourth-order valence-corrected chi connectivity index (χ4v) is 2.27. The number of rotatable bonds is 6. The zero-order valence-electron chi connectivity index (χ0n) is 13.9. The molecule has 5 nitrogen and oxygen atoms in total. The van der Waals surface area contributed by atoms with E-state index in [0.29, 0.717) is 18.1 Å². The molecular formula is C20H19N3O2. The zero-order chi connectivity index (χ0) is 17.5. The SMILES string of the molecule is CC(=O)Nc1ccc(Nc2ccc(OCc3ccccc3)cc2)nc1. The van der Waals surface area contributed by atoms with Crippen LogP contribution in [-0.2, 0) is 11.4 Å². The minimum Gasteiger partial charge on any atom is -0.489 e. The van der Waals surface area contributed by atoms with Crippen LogP contribution in [0.2, 0.25) is 0 Å². The normalized spacial score (nSPS) is 10.1. The van der Waals surface area contributed by atoms with Gasteiger partial charge in [0.2, 0.25) is 5.91 Å². The lowest BCUT2D eigenvalue weighted by Gasteiger charge is -2.09. The van der Waals surface area contributed by atoms with Crippen LogP contribution in [0.3, 0.4) is 0 Å². The largest absolute Gasteiger partial charge is 0.489 e. The van der Waals surface area contributed by atoms with Crippen molar-refractivity contribution in [3.8, 4) is 5.75 Å². The molecule has 5 heteroatoms. The van der Waals surface area contributed by atoms with Crippen molar-refractivity contribution in [1.82, 2.24) is 4.98 Å². The fraction of sp³-hybridized carbons (Fsp3) is 0.100. The van der Waals surface area contributed by atoms with E-state index in [1.54, 1.807) is 12.3 Å². The molecule has 0 saturated carbocycles. The Balaban J connectivity index is 1.56. The maximum Gasteiger partial charge on any atom is 0.221 e. The van der Waals surface area contributed by atoms with Crippen LogP contribution >= 0.6 is 0 Å². The molecule has 0 spiro atoms. The number of anilines is 3. The van der Waals surface area contributed by atoms with Crippen molar-refractivity contribution in [3.05, 3.63) is 78.5 Å². The number of pyridine rings is 1. The Kier molecular flexibility index (Phi) is 5.26. The highest BCUT2D eigenvalue weighted by molar-refractivity contribution is 5.88. The minimum atomic E-state index is -0.117. The molecule has 126 valence electrons. The van der Waals surface area contributed by atoms with Crippen LogP contribution in [0.1, 0.15) is 12.5 Å². The molecule has 3 rings (SSSR count). The molecule has 0 fully saturated rings. The van der Waals surface area contributed by atoms with Gasteiger partial charge in [-0.2, -0.15) is 0 Å². The number of nitrogens with zero attached hydrogens (tertiary/aromatic N) is 1. The van der Waals surface area contributed by atoms with Gasteiger partial charge in [0, 0.05) is 12.6 Å². The number of ether oxygens (including phenoxy) is 1. The molecule has 0 atom stereocenters. The summed E-state index contributed by atoms with van der Waals surface area (Å²) in [4.78, 5) is 15.3. The highest BCUT2D eigenvalue weighted by Crippen LogP contribution is 2.20.